The molecule has 2 N–H and O–H groups in total. The maximum atomic E-state index is 12.9. The van der Waals surface area contributed by atoms with Crippen molar-refractivity contribution in [1.29, 1.82) is 0 Å². The lowest BCUT2D eigenvalue weighted by molar-refractivity contribution is -0.138. The monoisotopic (exact) mass is 271 g/mol. The number of carboxylic acid groups (broad SMARTS) is 1. The third-order valence-corrected chi connectivity index (χ3v) is 3.35. The number of fused-ring (bicyclic) bond motifs is 1. The number of hydrogen-bond acceptors (Lipinski definition) is 4. The van der Waals surface area contributed by atoms with E-state index < -0.39 is 36.9 Å². The summed E-state index contributed by atoms with van der Waals surface area (Å²) in [6.45, 7) is -0.717. The quantitative estimate of drug-likeness (QED) is 0.753. The van der Waals surface area contributed by atoms with Crippen molar-refractivity contribution in [2.75, 3.05) is 13.7 Å². The van der Waals surface area contributed by atoms with Crippen molar-refractivity contribution in [2.45, 2.75) is 12.7 Å². The number of carboxylic acids is 1. The summed E-state index contributed by atoms with van der Waals surface area (Å²) in [5.41, 5.74) is 0.479. The summed E-state index contributed by atoms with van der Waals surface area (Å²) in [5.74, 6) is -2.12. The Kier molecular flexibility index (Phi) is 3.73. The topological polar surface area (TPSA) is 84.9 Å². The van der Waals surface area contributed by atoms with E-state index in [0.717, 1.165) is 6.26 Å². The fourth-order valence-corrected chi connectivity index (χ4v) is 2.43. The van der Waals surface area contributed by atoms with Crippen molar-refractivity contribution in [3.05, 3.63) is 23.5 Å². The molecule has 0 saturated heterocycles. The smallest absolute Gasteiger partial charge is 0.409 e. The van der Waals surface area contributed by atoms with Crippen molar-refractivity contribution >= 4 is 12.1 Å². The second-order valence-corrected chi connectivity index (χ2v) is 4.32. The molecule has 0 aromatic carbocycles. The van der Waals surface area contributed by atoms with Crippen molar-refractivity contribution in [1.82, 2.24) is 5.32 Å². The molecule has 0 saturated carbocycles. The Morgan fingerprint density at radius 3 is 2.95 bits per heavy atom. The second-order valence-electron chi connectivity index (χ2n) is 4.32. The minimum Gasteiger partial charge on any atom is -0.478 e. The lowest BCUT2D eigenvalue weighted by Gasteiger charge is -2.33. The molecule has 2 aliphatic rings. The van der Waals surface area contributed by atoms with Gasteiger partial charge in [-0.2, -0.15) is 0 Å². The highest BCUT2D eigenvalue weighted by Gasteiger charge is 2.45. The summed E-state index contributed by atoms with van der Waals surface area (Å²) >= 11 is 0. The number of aliphatic carboxylic acids is 1. The average Bonchev–Trinajstić information content (AvgIpc) is 2.82. The number of ether oxygens (including phenoxy) is 2. The fourth-order valence-electron chi connectivity index (χ4n) is 2.43. The summed E-state index contributed by atoms with van der Waals surface area (Å²) in [7, 11) is 1.39. The van der Waals surface area contributed by atoms with E-state index in [4.69, 9.17) is 14.6 Å². The van der Waals surface area contributed by atoms with Gasteiger partial charge in [0.1, 0.15) is 6.67 Å². The van der Waals surface area contributed by atoms with E-state index in [0.29, 0.717) is 12.0 Å². The number of amides is 1. The Morgan fingerprint density at radius 1 is 1.63 bits per heavy atom. The molecule has 0 radical (unpaired) electrons. The van der Waals surface area contributed by atoms with Crippen LogP contribution < -0.4 is 5.32 Å². The highest BCUT2D eigenvalue weighted by atomic mass is 19.1. The number of hydrogen-bond donors (Lipinski definition) is 2. The van der Waals surface area contributed by atoms with Crippen LogP contribution in [-0.4, -0.2) is 37.2 Å². The zero-order chi connectivity index (χ0) is 14.0. The first kappa shape index (κ1) is 13.4. The van der Waals surface area contributed by atoms with Crippen LogP contribution in [0, 0.1) is 11.8 Å². The van der Waals surface area contributed by atoms with Gasteiger partial charge in [0.2, 0.25) is 0 Å². The van der Waals surface area contributed by atoms with Crippen molar-refractivity contribution in [3.63, 3.8) is 0 Å². The lowest BCUT2D eigenvalue weighted by atomic mass is 9.84. The van der Waals surface area contributed by atoms with E-state index in [1.807, 2.05) is 0 Å². The predicted molar refractivity (Wildman–Crippen MR) is 61.8 cm³/mol. The van der Waals surface area contributed by atoms with Gasteiger partial charge in [-0.25, -0.2) is 14.0 Å². The predicted octanol–water partition coefficient (Wildman–Crippen LogP) is 1.20. The van der Waals surface area contributed by atoms with E-state index in [2.05, 4.69) is 5.32 Å². The van der Waals surface area contributed by atoms with Gasteiger partial charge in [-0.3, -0.25) is 0 Å². The van der Waals surface area contributed by atoms with Gasteiger partial charge in [-0.05, 0) is 12.0 Å². The van der Waals surface area contributed by atoms with Gasteiger partial charge < -0.3 is 19.9 Å². The molecule has 7 heteroatoms. The summed E-state index contributed by atoms with van der Waals surface area (Å²) in [6.07, 6.45) is 1.41. The highest BCUT2D eigenvalue weighted by Crippen LogP contribution is 2.43. The molecule has 1 aliphatic carbocycles. The van der Waals surface area contributed by atoms with E-state index in [-0.39, 0.29) is 5.57 Å². The highest BCUT2D eigenvalue weighted by molar-refractivity contribution is 5.87. The van der Waals surface area contributed by atoms with Crippen LogP contribution in [0.4, 0.5) is 9.18 Å². The molecule has 19 heavy (non-hydrogen) atoms. The van der Waals surface area contributed by atoms with E-state index in [1.165, 1.54) is 7.05 Å². The standard InChI is InChI=1S/C12H14FNO5/c1-14-12(17)19-11-9-6(4-13)2-3-7(9)8(5-18-11)10(15)16/h2,5,7,9,11H,3-4H2,1H3,(H,14,17)(H,15,16)/t7-,9+,11-/m1/s1. The molecule has 104 valence electrons. The molecule has 6 nitrogen and oxygen atoms in total. The van der Waals surface area contributed by atoms with Crippen LogP contribution in [0.5, 0.6) is 0 Å². The molecule has 1 heterocycles. The summed E-state index contributed by atoms with van der Waals surface area (Å²) in [4.78, 5) is 22.3. The summed E-state index contributed by atoms with van der Waals surface area (Å²) in [5, 5.41) is 11.3. The molecule has 1 aliphatic heterocycles. The van der Waals surface area contributed by atoms with E-state index in [9.17, 15) is 14.0 Å². The number of nitrogens with one attached hydrogen (secondary N) is 1. The van der Waals surface area contributed by atoms with Crippen LogP contribution in [0.25, 0.3) is 0 Å². The Morgan fingerprint density at radius 2 is 2.37 bits per heavy atom. The molecule has 0 spiro atoms. The van der Waals surface area contributed by atoms with Crippen molar-refractivity contribution in [2.24, 2.45) is 11.8 Å². The maximum absolute atomic E-state index is 12.9. The summed E-state index contributed by atoms with van der Waals surface area (Å²) < 4.78 is 23.1. The zero-order valence-corrected chi connectivity index (χ0v) is 10.3. The zero-order valence-electron chi connectivity index (χ0n) is 10.3. The molecule has 0 aromatic heterocycles. The molecule has 0 aromatic rings. The minimum atomic E-state index is -1.11. The number of halogens is 1. The molecule has 3 atom stereocenters. The van der Waals surface area contributed by atoms with Gasteiger partial charge in [0.25, 0.3) is 6.29 Å². The molecule has 2 rings (SSSR count). The molecule has 1 amide bonds. The van der Waals surface area contributed by atoms with Crippen LogP contribution >= 0.6 is 0 Å². The largest absolute Gasteiger partial charge is 0.478 e. The summed E-state index contributed by atoms with van der Waals surface area (Å²) in [6, 6.07) is 0. The van der Waals surface area contributed by atoms with Gasteiger partial charge >= 0.3 is 12.1 Å². The first-order chi connectivity index (χ1) is 9.08. The van der Waals surface area contributed by atoms with Gasteiger partial charge in [0.05, 0.1) is 17.8 Å². The number of carbonyl (C=O) groups excluding carboxylic acids is 1. The lowest BCUT2D eigenvalue weighted by Crippen LogP contribution is -2.40. The number of alkyl halides is 1. The van der Waals surface area contributed by atoms with Crippen molar-refractivity contribution < 1.29 is 28.6 Å². The van der Waals surface area contributed by atoms with Crippen LogP contribution in [0.3, 0.4) is 0 Å². The van der Waals surface area contributed by atoms with Gasteiger partial charge in [-0.15, -0.1) is 0 Å². The first-order valence-corrected chi connectivity index (χ1v) is 5.80. The third kappa shape index (κ3) is 2.40. The van der Waals surface area contributed by atoms with Crippen LogP contribution in [0.1, 0.15) is 6.42 Å². The first-order valence-electron chi connectivity index (χ1n) is 5.80. The molecular weight excluding hydrogens is 257 g/mol. The minimum absolute atomic E-state index is 0.0708. The Hall–Kier alpha value is -2.05. The average molecular weight is 271 g/mol. The van der Waals surface area contributed by atoms with Crippen LogP contribution in [0.2, 0.25) is 0 Å². The SMILES string of the molecule is CNC(=O)O[C@H]1OC=C(C(=O)O)[C@H]2CC=C(CF)[C@H]12. The Labute approximate surface area is 108 Å². The molecule has 0 unspecified atom stereocenters. The molecular formula is C12H14FNO5. The normalized spacial score (nSPS) is 28.6. The number of carbonyl (C=O) groups is 2. The van der Waals surface area contributed by atoms with Crippen LogP contribution in [0.15, 0.2) is 23.5 Å². The van der Waals surface area contributed by atoms with Gasteiger partial charge in [-0.1, -0.05) is 6.08 Å². The number of alkyl carbamates (subject to hydrolysis) is 1. The van der Waals surface area contributed by atoms with E-state index in [1.54, 1.807) is 6.08 Å². The van der Waals surface area contributed by atoms with Crippen molar-refractivity contribution in [3.8, 4) is 0 Å². The second kappa shape index (κ2) is 5.29. The molecule has 0 bridgehead atoms. The van der Waals surface area contributed by atoms with Gasteiger partial charge in [0, 0.05) is 13.0 Å². The number of rotatable bonds is 3. The number of allylic oxidation sites excluding steroid dienone is 1. The fraction of sp³-hybridized carbons (Fsp3) is 0.500. The maximum Gasteiger partial charge on any atom is 0.409 e. The van der Waals surface area contributed by atoms with Crippen LogP contribution in [-0.2, 0) is 14.3 Å². The van der Waals surface area contributed by atoms with E-state index >= 15 is 0 Å². The van der Waals surface area contributed by atoms with Gasteiger partial charge in [0.15, 0.2) is 0 Å². The Balaban J connectivity index is 2.24. The third-order valence-electron chi connectivity index (χ3n) is 3.35. The molecule has 0 fully saturated rings. The Bertz CT molecular complexity index is 459.